The summed E-state index contributed by atoms with van der Waals surface area (Å²) in [6, 6.07) is 12.7. The van der Waals surface area contributed by atoms with Gasteiger partial charge >= 0.3 is 0 Å². The van der Waals surface area contributed by atoms with Gasteiger partial charge in [0.2, 0.25) is 5.91 Å². The number of aryl methyl sites for hydroxylation is 1. The van der Waals surface area contributed by atoms with Gasteiger partial charge in [-0.3, -0.25) is 9.59 Å². The van der Waals surface area contributed by atoms with E-state index in [1.807, 2.05) is 18.2 Å². The maximum Gasteiger partial charge on any atom is 0.262 e. The van der Waals surface area contributed by atoms with Crippen molar-refractivity contribution in [2.75, 3.05) is 17.2 Å². The molecule has 2 aromatic rings. The summed E-state index contributed by atoms with van der Waals surface area (Å²) in [5.74, 6) is 0.156. The molecule has 1 aliphatic heterocycles. The number of hydrogen-bond acceptors (Lipinski definition) is 3. The minimum absolute atomic E-state index is 0.0532. The minimum Gasteiger partial charge on any atom is -0.479 e. The van der Waals surface area contributed by atoms with Gasteiger partial charge in [0.1, 0.15) is 0 Å². The standard InChI is InChI=1S/C17H15ClN2O3/c18-12-4-1-3-11(9-12)7-8-15(21)19-13-5-2-6-14-17(13)23-10-16(22)20-14/h1-6,9H,7-8,10H2,(H,19,21)(H,20,22). The van der Waals surface area contributed by atoms with Crippen LogP contribution in [0.2, 0.25) is 5.02 Å². The molecular formula is C17H15ClN2O3. The van der Waals surface area contributed by atoms with Crippen LogP contribution in [0.5, 0.6) is 5.75 Å². The molecule has 23 heavy (non-hydrogen) atoms. The number of anilines is 2. The first kappa shape index (κ1) is 15.4. The molecule has 0 fully saturated rings. The molecule has 0 atom stereocenters. The van der Waals surface area contributed by atoms with Crippen molar-refractivity contribution in [3.05, 3.63) is 53.1 Å². The molecule has 0 saturated carbocycles. The SMILES string of the molecule is O=C(CCc1cccc(Cl)c1)Nc1cccc2c1OCC(=O)N2. The van der Waals surface area contributed by atoms with E-state index in [2.05, 4.69) is 10.6 Å². The number of carbonyl (C=O) groups excluding carboxylic acids is 2. The van der Waals surface area contributed by atoms with E-state index >= 15 is 0 Å². The van der Waals surface area contributed by atoms with E-state index in [1.165, 1.54) is 0 Å². The van der Waals surface area contributed by atoms with Gasteiger partial charge in [0.05, 0.1) is 11.4 Å². The zero-order valence-electron chi connectivity index (χ0n) is 12.3. The average molecular weight is 331 g/mol. The van der Waals surface area contributed by atoms with Crippen LogP contribution in [0.1, 0.15) is 12.0 Å². The number of hydrogen-bond donors (Lipinski definition) is 2. The van der Waals surface area contributed by atoms with Crippen molar-refractivity contribution in [3.8, 4) is 5.75 Å². The van der Waals surface area contributed by atoms with Crippen LogP contribution in [0.15, 0.2) is 42.5 Å². The smallest absolute Gasteiger partial charge is 0.262 e. The molecule has 0 radical (unpaired) electrons. The van der Waals surface area contributed by atoms with Crippen LogP contribution in [0, 0.1) is 0 Å². The number of carbonyl (C=O) groups is 2. The lowest BCUT2D eigenvalue weighted by atomic mass is 10.1. The summed E-state index contributed by atoms with van der Waals surface area (Å²) < 4.78 is 5.40. The van der Waals surface area contributed by atoms with Crippen molar-refractivity contribution in [2.24, 2.45) is 0 Å². The summed E-state index contributed by atoms with van der Waals surface area (Å²) in [6.45, 7) is -0.0532. The Morgan fingerprint density at radius 1 is 1.26 bits per heavy atom. The number of fused-ring (bicyclic) bond motifs is 1. The number of rotatable bonds is 4. The first-order valence-corrected chi connectivity index (χ1v) is 7.59. The first-order valence-electron chi connectivity index (χ1n) is 7.22. The van der Waals surface area contributed by atoms with E-state index in [9.17, 15) is 9.59 Å². The van der Waals surface area contributed by atoms with Gasteiger partial charge in [0, 0.05) is 11.4 Å². The third-order valence-corrected chi connectivity index (χ3v) is 3.68. The molecule has 0 aromatic heterocycles. The Balaban J connectivity index is 1.64. The summed E-state index contributed by atoms with van der Waals surface area (Å²) in [6.07, 6.45) is 0.926. The van der Waals surface area contributed by atoms with Crippen molar-refractivity contribution < 1.29 is 14.3 Å². The molecule has 0 unspecified atom stereocenters. The molecule has 2 aromatic carbocycles. The third-order valence-electron chi connectivity index (χ3n) is 3.44. The van der Waals surface area contributed by atoms with E-state index in [4.69, 9.17) is 16.3 Å². The maximum absolute atomic E-state index is 12.1. The largest absolute Gasteiger partial charge is 0.479 e. The van der Waals surface area contributed by atoms with Crippen LogP contribution < -0.4 is 15.4 Å². The number of benzene rings is 2. The molecule has 2 N–H and O–H groups in total. The number of para-hydroxylation sites is 1. The van der Waals surface area contributed by atoms with Gasteiger partial charge in [0.25, 0.3) is 5.91 Å². The van der Waals surface area contributed by atoms with E-state index in [-0.39, 0.29) is 18.4 Å². The monoisotopic (exact) mass is 330 g/mol. The van der Waals surface area contributed by atoms with Gasteiger partial charge in [-0.2, -0.15) is 0 Å². The fourth-order valence-electron chi connectivity index (χ4n) is 2.38. The highest BCUT2D eigenvalue weighted by atomic mass is 35.5. The Labute approximate surface area is 138 Å². The lowest BCUT2D eigenvalue weighted by Gasteiger charge is -2.20. The molecule has 3 rings (SSSR count). The summed E-state index contributed by atoms with van der Waals surface area (Å²) in [5.41, 5.74) is 2.12. The quantitative estimate of drug-likeness (QED) is 0.904. The van der Waals surface area contributed by atoms with Crippen LogP contribution in [0.25, 0.3) is 0 Å². The Morgan fingerprint density at radius 2 is 2.09 bits per heavy atom. The van der Waals surface area contributed by atoms with Crippen molar-refractivity contribution >= 4 is 34.8 Å². The zero-order valence-corrected chi connectivity index (χ0v) is 13.0. The number of ether oxygens (including phenoxy) is 1. The van der Waals surface area contributed by atoms with Gasteiger partial charge in [-0.25, -0.2) is 0 Å². The van der Waals surface area contributed by atoms with E-state index in [0.29, 0.717) is 35.0 Å². The molecule has 2 amide bonds. The fraction of sp³-hybridized carbons (Fsp3) is 0.176. The minimum atomic E-state index is -0.207. The molecule has 0 bridgehead atoms. The van der Waals surface area contributed by atoms with Crippen molar-refractivity contribution in [1.82, 2.24) is 0 Å². The summed E-state index contributed by atoms with van der Waals surface area (Å²) in [5, 5.41) is 6.19. The van der Waals surface area contributed by atoms with E-state index < -0.39 is 0 Å². The fourth-order valence-corrected chi connectivity index (χ4v) is 2.59. The molecule has 1 heterocycles. The number of halogens is 1. The molecular weight excluding hydrogens is 316 g/mol. The highest BCUT2D eigenvalue weighted by molar-refractivity contribution is 6.30. The highest BCUT2D eigenvalue weighted by Crippen LogP contribution is 2.35. The summed E-state index contributed by atoms with van der Waals surface area (Å²) >= 11 is 5.93. The predicted octanol–water partition coefficient (Wildman–Crippen LogP) is 3.24. The van der Waals surface area contributed by atoms with Gasteiger partial charge in [0.15, 0.2) is 12.4 Å². The van der Waals surface area contributed by atoms with Gasteiger partial charge in [-0.1, -0.05) is 29.8 Å². The van der Waals surface area contributed by atoms with Gasteiger partial charge in [-0.15, -0.1) is 0 Å². The second-order valence-electron chi connectivity index (χ2n) is 5.20. The first-order chi connectivity index (χ1) is 11.1. The summed E-state index contributed by atoms with van der Waals surface area (Å²) in [7, 11) is 0. The average Bonchev–Trinajstić information content (AvgIpc) is 2.53. The number of amides is 2. The molecule has 0 aliphatic carbocycles. The Morgan fingerprint density at radius 3 is 2.91 bits per heavy atom. The maximum atomic E-state index is 12.1. The van der Waals surface area contributed by atoms with Gasteiger partial charge in [-0.05, 0) is 36.2 Å². The molecule has 0 saturated heterocycles. The third kappa shape index (κ3) is 3.81. The summed E-state index contributed by atoms with van der Waals surface area (Å²) in [4.78, 5) is 23.4. The van der Waals surface area contributed by atoms with Crippen LogP contribution in [0.4, 0.5) is 11.4 Å². The van der Waals surface area contributed by atoms with Gasteiger partial charge < -0.3 is 15.4 Å². The van der Waals surface area contributed by atoms with Crippen LogP contribution in [-0.4, -0.2) is 18.4 Å². The molecule has 0 spiro atoms. The van der Waals surface area contributed by atoms with Crippen molar-refractivity contribution in [2.45, 2.75) is 12.8 Å². The Kier molecular flexibility index (Phi) is 4.48. The zero-order chi connectivity index (χ0) is 16.2. The lowest BCUT2D eigenvalue weighted by Crippen LogP contribution is -2.26. The Hall–Kier alpha value is -2.53. The van der Waals surface area contributed by atoms with E-state index in [0.717, 1.165) is 5.56 Å². The van der Waals surface area contributed by atoms with Crippen LogP contribution in [0.3, 0.4) is 0 Å². The second kappa shape index (κ2) is 6.71. The predicted molar refractivity (Wildman–Crippen MR) is 89.0 cm³/mol. The Bertz CT molecular complexity index is 761. The normalized spacial score (nSPS) is 12.8. The number of nitrogens with one attached hydrogen (secondary N) is 2. The highest BCUT2D eigenvalue weighted by Gasteiger charge is 2.19. The molecule has 118 valence electrons. The lowest BCUT2D eigenvalue weighted by molar-refractivity contribution is -0.118. The van der Waals surface area contributed by atoms with Crippen LogP contribution in [-0.2, 0) is 16.0 Å². The van der Waals surface area contributed by atoms with Crippen LogP contribution >= 0.6 is 11.6 Å². The molecule has 1 aliphatic rings. The molecule has 6 heteroatoms. The van der Waals surface area contributed by atoms with Crippen molar-refractivity contribution in [1.29, 1.82) is 0 Å². The van der Waals surface area contributed by atoms with Crippen molar-refractivity contribution in [3.63, 3.8) is 0 Å². The second-order valence-corrected chi connectivity index (χ2v) is 5.63. The topological polar surface area (TPSA) is 67.4 Å². The molecule has 5 nitrogen and oxygen atoms in total. The van der Waals surface area contributed by atoms with E-state index in [1.54, 1.807) is 24.3 Å².